The summed E-state index contributed by atoms with van der Waals surface area (Å²) in [5, 5.41) is 9.39. The Balaban J connectivity index is 1.64. The van der Waals surface area contributed by atoms with Gasteiger partial charge in [0.05, 0.1) is 5.69 Å². The number of carbonyl (C=O) groups excluding carboxylic acids is 1. The van der Waals surface area contributed by atoms with E-state index in [0.29, 0.717) is 17.9 Å². The maximum absolute atomic E-state index is 12.8. The van der Waals surface area contributed by atoms with Gasteiger partial charge in [0, 0.05) is 12.7 Å². The number of hydrogen-bond acceptors (Lipinski definition) is 3. The average Bonchev–Trinajstić information content (AvgIpc) is 2.96. The van der Waals surface area contributed by atoms with E-state index < -0.39 is 0 Å². The van der Waals surface area contributed by atoms with Crippen molar-refractivity contribution in [2.45, 2.75) is 6.54 Å². The molecule has 2 aromatic heterocycles. The van der Waals surface area contributed by atoms with Crippen LogP contribution in [0.5, 0.6) is 0 Å². The molecule has 7 heteroatoms. The number of carbonyl (C=O) groups is 1. The zero-order valence-electron chi connectivity index (χ0n) is 11.0. The molecule has 0 atom stereocenters. The van der Waals surface area contributed by atoms with Gasteiger partial charge in [0.2, 0.25) is 0 Å². The number of aromatic nitrogens is 3. The minimum absolute atomic E-state index is 0.304. The highest BCUT2D eigenvalue weighted by Gasteiger charge is 2.07. The van der Waals surface area contributed by atoms with E-state index in [1.165, 1.54) is 18.5 Å². The minimum atomic E-state index is -0.365. The number of amides is 2. The first kappa shape index (κ1) is 13.0. The summed E-state index contributed by atoms with van der Waals surface area (Å²) in [5.41, 5.74) is 1.94. The molecule has 0 radical (unpaired) electrons. The number of pyridine rings is 1. The molecule has 2 heterocycles. The highest BCUT2D eigenvalue weighted by atomic mass is 19.1. The molecule has 0 aliphatic heterocycles. The van der Waals surface area contributed by atoms with Gasteiger partial charge in [-0.05, 0) is 29.8 Å². The Hall–Kier alpha value is -2.96. The number of anilines is 1. The third-order valence-electron chi connectivity index (χ3n) is 2.92. The summed E-state index contributed by atoms with van der Waals surface area (Å²) in [6, 6.07) is 9.08. The van der Waals surface area contributed by atoms with Crippen molar-refractivity contribution in [3.63, 3.8) is 0 Å². The van der Waals surface area contributed by atoms with Crippen LogP contribution in [0.25, 0.3) is 5.65 Å². The van der Waals surface area contributed by atoms with Crippen molar-refractivity contribution in [3.8, 4) is 0 Å². The van der Waals surface area contributed by atoms with Gasteiger partial charge in [-0.1, -0.05) is 12.1 Å². The molecule has 0 fully saturated rings. The lowest BCUT2D eigenvalue weighted by Crippen LogP contribution is -2.28. The fourth-order valence-corrected chi connectivity index (χ4v) is 1.90. The minimum Gasteiger partial charge on any atom is -0.334 e. The van der Waals surface area contributed by atoms with E-state index in [9.17, 15) is 9.18 Å². The predicted octanol–water partition coefficient (Wildman–Crippen LogP) is 2.19. The van der Waals surface area contributed by atoms with E-state index in [1.807, 2.05) is 0 Å². The first-order chi connectivity index (χ1) is 10.2. The Morgan fingerprint density at radius 1 is 1.24 bits per heavy atom. The van der Waals surface area contributed by atoms with E-state index in [0.717, 1.165) is 5.56 Å². The SMILES string of the molecule is O=C(NCc1ccc(F)cc1)Nc1cccn2ncnc12. The molecule has 106 valence electrons. The first-order valence-electron chi connectivity index (χ1n) is 6.30. The van der Waals surface area contributed by atoms with Crippen LogP contribution in [0.2, 0.25) is 0 Å². The van der Waals surface area contributed by atoms with Crippen molar-refractivity contribution in [2.75, 3.05) is 5.32 Å². The highest BCUT2D eigenvalue weighted by Crippen LogP contribution is 2.12. The second-order valence-corrected chi connectivity index (χ2v) is 4.38. The number of nitrogens with one attached hydrogen (secondary N) is 2. The molecule has 21 heavy (non-hydrogen) atoms. The number of nitrogens with zero attached hydrogens (tertiary/aromatic N) is 3. The van der Waals surface area contributed by atoms with Crippen molar-refractivity contribution in [3.05, 3.63) is 60.3 Å². The molecule has 1 aromatic carbocycles. The van der Waals surface area contributed by atoms with Gasteiger partial charge in [0.25, 0.3) is 0 Å². The number of halogens is 1. The van der Waals surface area contributed by atoms with Gasteiger partial charge in [-0.25, -0.2) is 18.7 Å². The van der Waals surface area contributed by atoms with Crippen LogP contribution in [0.15, 0.2) is 48.9 Å². The largest absolute Gasteiger partial charge is 0.334 e. The maximum Gasteiger partial charge on any atom is 0.319 e. The van der Waals surface area contributed by atoms with E-state index >= 15 is 0 Å². The molecular formula is C14H12FN5O. The lowest BCUT2D eigenvalue weighted by Gasteiger charge is -2.08. The van der Waals surface area contributed by atoms with Crippen molar-refractivity contribution in [1.82, 2.24) is 19.9 Å². The van der Waals surface area contributed by atoms with Gasteiger partial charge in [-0.3, -0.25) is 0 Å². The Morgan fingerprint density at radius 2 is 2.05 bits per heavy atom. The van der Waals surface area contributed by atoms with Gasteiger partial charge in [0.1, 0.15) is 12.1 Å². The van der Waals surface area contributed by atoms with E-state index in [-0.39, 0.29) is 11.8 Å². The first-order valence-corrected chi connectivity index (χ1v) is 6.30. The topological polar surface area (TPSA) is 71.3 Å². The van der Waals surface area contributed by atoms with Crippen LogP contribution in [-0.4, -0.2) is 20.6 Å². The monoisotopic (exact) mass is 285 g/mol. The van der Waals surface area contributed by atoms with Gasteiger partial charge in [0.15, 0.2) is 5.65 Å². The number of fused-ring (bicyclic) bond motifs is 1. The van der Waals surface area contributed by atoms with Gasteiger partial charge in [-0.2, -0.15) is 5.10 Å². The average molecular weight is 285 g/mol. The van der Waals surface area contributed by atoms with Crippen LogP contribution >= 0.6 is 0 Å². The third kappa shape index (κ3) is 2.97. The van der Waals surface area contributed by atoms with Crippen molar-refractivity contribution >= 4 is 17.4 Å². The quantitative estimate of drug-likeness (QED) is 0.775. The van der Waals surface area contributed by atoms with Crippen LogP contribution in [0.3, 0.4) is 0 Å². The van der Waals surface area contributed by atoms with Crippen LogP contribution in [-0.2, 0) is 6.54 Å². The Kier molecular flexibility index (Phi) is 3.46. The van der Waals surface area contributed by atoms with Crippen LogP contribution < -0.4 is 10.6 Å². The summed E-state index contributed by atoms with van der Waals surface area (Å²) in [7, 11) is 0. The summed E-state index contributed by atoms with van der Waals surface area (Å²) >= 11 is 0. The Labute approximate surface area is 119 Å². The molecule has 0 saturated carbocycles. The fourth-order valence-electron chi connectivity index (χ4n) is 1.90. The normalized spacial score (nSPS) is 10.5. The number of benzene rings is 1. The lowest BCUT2D eigenvalue weighted by molar-refractivity contribution is 0.252. The molecule has 0 spiro atoms. The third-order valence-corrected chi connectivity index (χ3v) is 2.92. The van der Waals surface area contributed by atoms with Crippen LogP contribution in [0, 0.1) is 5.82 Å². The molecule has 3 aromatic rings. The zero-order valence-corrected chi connectivity index (χ0v) is 11.0. The Morgan fingerprint density at radius 3 is 2.86 bits per heavy atom. The molecule has 0 saturated heterocycles. The van der Waals surface area contributed by atoms with E-state index in [1.54, 1.807) is 35.0 Å². The van der Waals surface area contributed by atoms with E-state index in [4.69, 9.17) is 0 Å². The Bertz CT molecular complexity index is 768. The number of hydrogen-bond donors (Lipinski definition) is 2. The summed E-state index contributed by atoms with van der Waals surface area (Å²) in [4.78, 5) is 15.9. The molecule has 3 rings (SSSR count). The second-order valence-electron chi connectivity index (χ2n) is 4.38. The second kappa shape index (κ2) is 5.58. The number of urea groups is 1. The molecule has 0 bridgehead atoms. The van der Waals surface area contributed by atoms with E-state index in [2.05, 4.69) is 20.7 Å². The summed E-state index contributed by atoms with van der Waals surface area (Å²) in [5.74, 6) is -0.304. The van der Waals surface area contributed by atoms with Crippen LogP contribution in [0.4, 0.5) is 14.9 Å². The smallest absolute Gasteiger partial charge is 0.319 e. The van der Waals surface area contributed by atoms with Gasteiger partial charge < -0.3 is 10.6 Å². The van der Waals surface area contributed by atoms with Crippen LogP contribution in [0.1, 0.15) is 5.56 Å². The predicted molar refractivity (Wildman–Crippen MR) is 75.2 cm³/mol. The lowest BCUT2D eigenvalue weighted by atomic mass is 10.2. The highest BCUT2D eigenvalue weighted by molar-refractivity contribution is 5.92. The van der Waals surface area contributed by atoms with Crippen molar-refractivity contribution in [2.24, 2.45) is 0 Å². The molecule has 0 aliphatic carbocycles. The number of rotatable bonds is 3. The summed E-state index contributed by atoms with van der Waals surface area (Å²) < 4.78 is 14.3. The van der Waals surface area contributed by atoms with Gasteiger partial charge >= 0.3 is 6.03 Å². The fraction of sp³-hybridized carbons (Fsp3) is 0.0714. The summed E-state index contributed by atoms with van der Waals surface area (Å²) in [6.45, 7) is 0.307. The zero-order chi connectivity index (χ0) is 14.7. The van der Waals surface area contributed by atoms with Crippen molar-refractivity contribution in [1.29, 1.82) is 0 Å². The van der Waals surface area contributed by atoms with Gasteiger partial charge in [-0.15, -0.1) is 0 Å². The molecule has 0 aliphatic rings. The molecule has 2 amide bonds. The molecule has 2 N–H and O–H groups in total. The molecular weight excluding hydrogens is 273 g/mol. The summed E-state index contributed by atoms with van der Waals surface area (Å²) in [6.07, 6.45) is 3.15. The molecule has 0 unspecified atom stereocenters. The maximum atomic E-state index is 12.8. The van der Waals surface area contributed by atoms with Crippen molar-refractivity contribution < 1.29 is 9.18 Å². The standard InChI is InChI=1S/C14H12FN5O/c15-11-5-3-10(4-6-11)8-16-14(21)19-12-2-1-7-20-13(12)17-9-18-20/h1-7,9H,8H2,(H2,16,19,21). The molecule has 6 nitrogen and oxygen atoms in total.